The van der Waals surface area contributed by atoms with Gasteiger partial charge in [0.15, 0.2) is 0 Å². The van der Waals surface area contributed by atoms with E-state index in [2.05, 4.69) is 20.5 Å². The predicted molar refractivity (Wildman–Crippen MR) is 97.5 cm³/mol. The zero-order chi connectivity index (χ0) is 20.0. The standard InChI is InChI=1S/C18H24F2N4O3/c1-11(10-24-13(3)7-12(2)23-24)9-21-18(25)22-15-8-14(26-4)5-6-16(15)27-17(19)20/h5-8,11,17H,9-10H2,1-4H3,(H2,21,22,25)/t11-/m0/s1. The average molecular weight is 382 g/mol. The van der Waals surface area contributed by atoms with E-state index < -0.39 is 12.6 Å². The molecule has 2 N–H and O–H groups in total. The SMILES string of the molecule is COc1ccc(OC(F)F)c(NC(=O)NC[C@H](C)Cn2nc(C)cc2C)c1. The van der Waals surface area contributed by atoms with Crippen molar-refractivity contribution >= 4 is 11.7 Å². The van der Waals surface area contributed by atoms with E-state index in [9.17, 15) is 13.6 Å². The number of hydrogen-bond donors (Lipinski definition) is 2. The first-order valence-corrected chi connectivity index (χ1v) is 8.47. The van der Waals surface area contributed by atoms with Crippen molar-refractivity contribution in [2.24, 2.45) is 5.92 Å². The van der Waals surface area contributed by atoms with Crippen LogP contribution in [-0.2, 0) is 6.54 Å². The van der Waals surface area contributed by atoms with E-state index >= 15 is 0 Å². The van der Waals surface area contributed by atoms with E-state index in [1.54, 1.807) is 0 Å². The van der Waals surface area contributed by atoms with Gasteiger partial charge in [0.25, 0.3) is 0 Å². The fourth-order valence-corrected chi connectivity index (χ4v) is 2.59. The largest absolute Gasteiger partial charge is 0.497 e. The number of aromatic nitrogens is 2. The Morgan fingerprint density at radius 2 is 2.04 bits per heavy atom. The summed E-state index contributed by atoms with van der Waals surface area (Å²) in [6.45, 7) is 3.92. The Kier molecular flexibility index (Phi) is 6.98. The Morgan fingerprint density at radius 3 is 2.63 bits per heavy atom. The molecule has 9 heteroatoms. The molecule has 0 fully saturated rings. The van der Waals surface area contributed by atoms with Crippen molar-refractivity contribution < 1.29 is 23.0 Å². The van der Waals surface area contributed by atoms with Crippen LogP contribution in [0.4, 0.5) is 19.3 Å². The number of nitrogens with zero attached hydrogens (tertiary/aromatic N) is 2. The maximum absolute atomic E-state index is 12.5. The first-order chi connectivity index (χ1) is 12.8. The van der Waals surface area contributed by atoms with E-state index in [4.69, 9.17) is 4.74 Å². The van der Waals surface area contributed by atoms with Crippen LogP contribution in [0.15, 0.2) is 24.3 Å². The monoisotopic (exact) mass is 382 g/mol. The van der Waals surface area contributed by atoms with Crippen LogP contribution >= 0.6 is 0 Å². The summed E-state index contributed by atoms with van der Waals surface area (Å²) in [7, 11) is 1.44. The molecule has 0 aliphatic carbocycles. The normalized spacial score (nSPS) is 12.0. The molecule has 0 bridgehead atoms. The number of aryl methyl sites for hydroxylation is 2. The van der Waals surface area contributed by atoms with Gasteiger partial charge < -0.3 is 20.1 Å². The fraction of sp³-hybridized carbons (Fsp3) is 0.444. The van der Waals surface area contributed by atoms with Crippen molar-refractivity contribution in [3.05, 3.63) is 35.7 Å². The third-order valence-electron chi connectivity index (χ3n) is 3.85. The number of rotatable bonds is 8. The average Bonchev–Trinajstić information content (AvgIpc) is 2.91. The maximum atomic E-state index is 12.5. The van der Waals surface area contributed by atoms with Crippen LogP contribution in [0.1, 0.15) is 18.3 Å². The molecule has 0 unspecified atom stereocenters. The van der Waals surface area contributed by atoms with Crippen LogP contribution < -0.4 is 20.1 Å². The molecule has 0 aliphatic heterocycles. The zero-order valence-corrected chi connectivity index (χ0v) is 15.8. The molecule has 1 aromatic heterocycles. The summed E-state index contributed by atoms with van der Waals surface area (Å²) >= 11 is 0. The zero-order valence-electron chi connectivity index (χ0n) is 15.8. The van der Waals surface area contributed by atoms with Gasteiger partial charge in [-0.25, -0.2) is 4.79 Å². The summed E-state index contributed by atoms with van der Waals surface area (Å²) in [6, 6.07) is 5.66. The first-order valence-electron chi connectivity index (χ1n) is 8.47. The van der Waals surface area contributed by atoms with Gasteiger partial charge in [0.1, 0.15) is 11.5 Å². The van der Waals surface area contributed by atoms with Gasteiger partial charge >= 0.3 is 12.6 Å². The second-order valence-electron chi connectivity index (χ2n) is 6.29. The van der Waals surface area contributed by atoms with Gasteiger partial charge in [0, 0.05) is 24.8 Å². The van der Waals surface area contributed by atoms with Crippen molar-refractivity contribution in [2.45, 2.75) is 33.9 Å². The summed E-state index contributed by atoms with van der Waals surface area (Å²) in [5.74, 6) is 0.386. The number of amides is 2. The van der Waals surface area contributed by atoms with Gasteiger partial charge in [0.05, 0.1) is 18.5 Å². The Balaban J connectivity index is 1.93. The minimum Gasteiger partial charge on any atom is -0.497 e. The van der Waals surface area contributed by atoms with Gasteiger partial charge in [-0.15, -0.1) is 0 Å². The highest BCUT2D eigenvalue weighted by Gasteiger charge is 2.14. The number of anilines is 1. The van der Waals surface area contributed by atoms with Crippen LogP contribution in [-0.4, -0.2) is 36.1 Å². The maximum Gasteiger partial charge on any atom is 0.387 e. The van der Waals surface area contributed by atoms with Gasteiger partial charge in [-0.3, -0.25) is 4.68 Å². The van der Waals surface area contributed by atoms with E-state index in [1.165, 1.54) is 25.3 Å². The van der Waals surface area contributed by atoms with Gasteiger partial charge in [-0.2, -0.15) is 13.9 Å². The van der Waals surface area contributed by atoms with Crippen molar-refractivity contribution in [1.29, 1.82) is 0 Å². The number of halogens is 2. The third kappa shape index (κ3) is 6.12. The second kappa shape index (κ2) is 9.20. The van der Waals surface area contributed by atoms with E-state index in [0.29, 0.717) is 18.8 Å². The minimum atomic E-state index is -3.00. The molecule has 1 heterocycles. The first kappa shape index (κ1) is 20.5. The summed E-state index contributed by atoms with van der Waals surface area (Å²) in [5.41, 5.74) is 2.09. The number of urea groups is 1. The fourth-order valence-electron chi connectivity index (χ4n) is 2.59. The van der Waals surface area contributed by atoms with Crippen molar-refractivity contribution in [3.8, 4) is 11.5 Å². The number of benzene rings is 1. The van der Waals surface area contributed by atoms with Crippen molar-refractivity contribution in [2.75, 3.05) is 19.0 Å². The van der Waals surface area contributed by atoms with Crippen molar-refractivity contribution in [1.82, 2.24) is 15.1 Å². The number of ether oxygens (including phenoxy) is 2. The van der Waals surface area contributed by atoms with E-state index in [-0.39, 0.29) is 17.4 Å². The topological polar surface area (TPSA) is 77.4 Å². The van der Waals surface area contributed by atoms with Crippen molar-refractivity contribution in [3.63, 3.8) is 0 Å². The van der Waals surface area contributed by atoms with Crippen LogP contribution in [0.5, 0.6) is 11.5 Å². The quantitative estimate of drug-likeness (QED) is 0.732. The summed E-state index contributed by atoms with van der Waals surface area (Å²) in [6.07, 6.45) is 0. The molecule has 0 aliphatic rings. The molecule has 2 amide bonds. The Morgan fingerprint density at radius 1 is 1.30 bits per heavy atom. The summed E-state index contributed by atoms with van der Waals surface area (Å²) in [5, 5.41) is 9.63. The van der Waals surface area contributed by atoms with Gasteiger partial charge in [-0.1, -0.05) is 6.92 Å². The Hall–Kier alpha value is -2.84. The molecule has 0 radical (unpaired) electrons. The smallest absolute Gasteiger partial charge is 0.387 e. The highest BCUT2D eigenvalue weighted by Crippen LogP contribution is 2.30. The number of carbonyl (C=O) groups is 1. The second-order valence-corrected chi connectivity index (χ2v) is 6.29. The molecule has 0 spiro atoms. The van der Waals surface area contributed by atoms with Crippen LogP contribution in [0.3, 0.4) is 0 Å². The molecular formula is C18H24F2N4O3. The predicted octanol–water partition coefficient (Wildman–Crippen LogP) is 3.57. The lowest BCUT2D eigenvalue weighted by molar-refractivity contribution is -0.0493. The highest BCUT2D eigenvalue weighted by atomic mass is 19.3. The summed E-state index contributed by atoms with van der Waals surface area (Å²) in [4.78, 5) is 12.1. The number of methoxy groups -OCH3 is 1. The minimum absolute atomic E-state index is 0.0957. The van der Waals surface area contributed by atoms with Crippen LogP contribution in [0.25, 0.3) is 0 Å². The Labute approximate surface area is 156 Å². The molecular weight excluding hydrogens is 358 g/mol. The lowest BCUT2D eigenvalue weighted by atomic mass is 10.2. The van der Waals surface area contributed by atoms with Crippen LogP contribution in [0.2, 0.25) is 0 Å². The molecule has 0 saturated carbocycles. The lowest BCUT2D eigenvalue weighted by Gasteiger charge is -2.16. The molecule has 27 heavy (non-hydrogen) atoms. The molecule has 2 rings (SSSR count). The Bertz CT molecular complexity index is 780. The molecule has 148 valence electrons. The van der Waals surface area contributed by atoms with E-state index in [0.717, 1.165) is 11.4 Å². The molecule has 0 saturated heterocycles. The molecule has 1 aromatic carbocycles. The lowest BCUT2D eigenvalue weighted by Crippen LogP contribution is -2.34. The third-order valence-corrected chi connectivity index (χ3v) is 3.85. The summed E-state index contributed by atoms with van der Waals surface area (Å²) < 4.78 is 36.4. The number of hydrogen-bond acceptors (Lipinski definition) is 4. The highest BCUT2D eigenvalue weighted by molar-refractivity contribution is 5.91. The van der Waals surface area contributed by atoms with Gasteiger partial charge in [-0.05, 0) is 38.0 Å². The van der Waals surface area contributed by atoms with E-state index in [1.807, 2.05) is 31.5 Å². The number of alkyl halides is 2. The number of carbonyl (C=O) groups excluding carboxylic acids is 1. The molecule has 1 atom stereocenters. The van der Waals surface area contributed by atoms with Crippen LogP contribution in [0, 0.1) is 19.8 Å². The number of nitrogens with one attached hydrogen (secondary N) is 2. The molecule has 7 nitrogen and oxygen atoms in total. The molecule has 2 aromatic rings. The van der Waals surface area contributed by atoms with Gasteiger partial charge in [0.2, 0.25) is 0 Å².